The topological polar surface area (TPSA) is 66.7 Å². The fourth-order valence-electron chi connectivity index (χ4n) is 3.30. The van der Waals surface area contributed by atoms with Gasteiger partial charge in [0.1, 0.15) is 15.8 Å². The van der Waals surface area contributed by atoms with Gasteiger partial charge in [0.2, 0.25) is 0 Å². The van der Waals surface area contributed by atoms with Crippen LogP contribution in [0.2, 0.25) is 0 Å². The summed E-state index contributed by atoms with van der Waals surface area (Å²) >= 11 is 6.66. The summed E-state index contributed by atoms with van der Waals surface area (Å²) in [5.74, 6) is 0.276. The van der Waals surface area contributed by atoms with Crippen molar-refractivity contribution in [2.75, 3.05) is 11.9 Å². The molecule has 4 rings (SSSR count). The van der Waals surface area contributed by atoms with Crippen LogP contribution >= 0.6 is 24.0 Å². The van der Waals surface area contributed by atoms with Crippen molar-refractivity contribution in [3.8, 4) is 0 Å². The highest BCUT2D eigenvalue weighted by atomic mass is 32.2. The molecule has 1 aliphatic heterocycles. The Morgan fingerprint density at radius 2 is 1.94 bits per heavy atom. The number of amides is 1. The van der Waals surface area contributed by atoms with Crippen LogP contribution in [0.15, 0.2) is 58.4 Å². The number of hydrogen-bond acceptors (Lipinski definition) is 6. The summed E-state index contributed by atoms with van der Waals surface area (Å²) in [4.78, 5) is 33.0. The Hall–Kier alpha value is -2.97. The Bertz CT molecular complexity index is 1250. The van der Waals surface area contributed by atoms with Crippen LogP contribution in [0.1, 0.15) is 30.0 Å². The van der Waals surface area contributed by atoms with Crippen LogP contribution in [0.3, 0.4) is 0 Å². The van der Waals surface area contributed by atoms with Gasteiger partial charge in [-0.1, -0.05) is 67.3 Å². The number of carbonyl (C=O) groups excluding carboxylic acids is 1. The third-order valence-electron chi connectivity index (χ3n) is 4.88. The predicted molar refractivity (Wildman–Crippen MR) is 130 cm³/mol. The van der Waals surface area contributed by atoms with Crippen molar-refractivity contribution in [3.63, 3.8) is 0 Å². The average Bonchev–Trinajstić information content (AvgIpc) is 3.03. The molecule has 0 spiro atoms. The molecule has 0 saturated carbocycles. The van der Waals surface area contributed by atoms with E-state index in [1.54, 1.807) is 17.2 Å². The Morgan fingerprint density at radius 3 is 2.68 bits per heavy atom. The van der Waals surface area contributed by atoms with Crippen LogP contribution < -0.4 is 10.9 Å². The molecule has 1 amide bonds. The minimum atomic E-state index is -0.222. The molecule has 158 valence electrons. The van der Waals surface area contributed by atoms with Gasteiger partial charge in [-0.15, -0.1) is 0 Å². The van der Waals surface area contributed by atoms with Gasteiger partial charge >= 0.3 is 0 Å². The monoisotopic (exact) mass is 450 g/mol. The average molecular weight is 451 g/mol. The van der Waals surface area contributed by atoms with E-state index in [0.717, 1.165) is 17.5 Å². The summed E-state index contributed by atoms with van der Waals surface area (Å²) in [5.41, 5.74) is 2.64. The van der Waals surface area contributed by atoms with E-state index in [9.17, 15) is 9.59 Å². The summed E-state index contributed by atoms with van der Waals surface area (Å²) in [6.07, 6.45) is 4.26. The highest BCUT2D eigenvalue weighted by Crippen LogP contribution is 2.34. The molecule has 8 heteroatoms. The maximum absolute atomic E-state index is 13.3. The Kier molecular flexibility index (Phi) is 6.20. The first kappa shape index (κ1) is 21.3. The van der Waals surface area contributed by atoms with Crippen molar-refractivity contribution in [1.82, 2.24) is 14.3 Å². The number of nitrogens with one attached hydrogen (secondary N) is 1. The molecule has 0 aliphatic carbocycles. The van der Waals surface area contributed by atoms with E-state index in [1.807, 2.05) is 56.3 Å². The minimum Gasteiger partial charge on any atom is -0.369 e. The van der Waals surface area contributed by atoms with Crippen molar-refractivity contribution in [2.24, 2.45) is 0 Å². The van der Waals surface area contributed by atoms with E-state index in [1.165, 1.54) is 16.2 Å². The summed E-state index contributed by atoms with van der Waals surface area (Å²) < 4.78 is 2.00. The molecule has 3 heterocycles. The Balaban J connectivity index is 1.75. The lowest BCUT2D eigenvalue weighted by atomic mass is 10.2. The molecule has 0 radical (unpaired) electrons. The number of thiocarbonyl (C=S) groups is 1. The van der Waals surface area contributed by atoms with E-state index >= 15 is 0 Å². The maximum atomic E-state index is 13.3. The molecule has 1 N–H and O–H groups in total. The second-order valence-corrected chi connectivity index (χ2v) is 8.97. The zero-order valence-electron chi connectivity index (χ0n) is 17.3. The van der Waals surface area contributed by atoms with Crippen molar-refractivity contribution < 1.29 is 4.79 Å². The van der Waals surface area contributed by atoms with E-state index in [-0.39, 0.29) is 11.5 Å². The Labute approximate surface area is 190 Å². The number of thioether (sulfide) groups is 1. The predicted octanol–water partition coefficient (Wildman–Crippen LogP) is 4.23. The number of hydrogen-bond donors (Lipinski definition) is 1. The van der Waals surface area contributed by atoms with E-state index in [4.69, 9.17) is 12.2 Å². The lowest BCUT2D eigenvalue weighted by Gasteiger charge is -2.14. The molecular weight excluding hydrogens is 428 g/mol. The second-order valence-electron chi connectivity index (χ2n) is 7.29. The van der Waals surface area contributed by atoms with Crippen LogP contribution in [-0.4, -0.2) is 31.1 Å². The number of benzene rings is 1. The fourth-order valence-corrected chi connectivity index (χ4v) is 4.54. The van der Waals surface area contributed by atoms with E-state index in [0.29, 0.717) is 39.3 Å². The van der Waals surface area contributed by atoms with E-state index < -0.39 is 0 Å². The number of nitrogens with zero attached hydrogens (tertiary/aromatic N) is 3. The van der Waals surface area contributed by atoms with Crippen molar-refractivity contribution >= 4 is 51.7 Å². The van der Waals surface area contributed by atoms with Gasteiger partial charge in [-0.2, -0.15) is 0 Å². The number of rotatable bonds is 6. The second kappa shape index (κ2) is 9.03. The maximum Gasteiger partial charge on any atom is 0.267 e. The zero-order valence-corrected chi connectivity index (χ0v) is 18.9. The normalized spacial score (nSPS) is 15.3. The van der Waals surface area contributed by atoms with Gasteiger partial charge in [-0.25, -0.2) is 4.98 Å². The number of carbonyl (C=O) groups is 1. The van der Waals surface area contributed by atoms with E-state index in [2.05, 4.69) is 10.3 Å². The van der Waals surface area contributed by atoms with Crippen molar-refractivity contribution in [1.29, 1.82) is 0 Å². The smallest absolute Gasteiger partial charge is 0.267 e. The first-order valence-corrected chi connectivity index (χ1v) is 11.3. The van der Waals surface area contributed by atoms with Crippen LogP contribution in [0.4, 0.5) is 5.82 Å². The minimum absolute atomic E-state index is 0.200. The summed E-state index contributed by atoms with van der Waals surface area (Å²) in [7, 11) is 0. The molecule has 1 fully saturated rings. The van der Waals surface area contributed by atoms with Crippen LogP contribution in [0.5, 0.6) is 0 Å². The molecule has 1 aliphatic rings. The zero-order chi connectivity index (χ0) is 22.0. The van der Waals surface area contributed by atoms with Crippen LogP contribution in [0, 0.1) is 6.92 Å². The van der Waals surface area contributed by atoms with Crippen LogP contribution in [0.25, 0.3) is 11.7 Å². The van der Waals surface area contributed by atoms with Crippen LogP contribution in [-0.2, 0) is 11.3 Å². The molecule has 0 unspecified atom stereocenters. The van der Waals surface area contributed by atoms with Gasteiger partial charge in [-0.05, 0) is 36.6 Å². The summed E-state index contributed by atoms with van der Waals surface area (Å²) in [6, 6.07) is 13.4. The summed E-state index contributed by atoms with van der Waals surface area (Å²) in [5, 5.41) is 3.23. The quantitative estimate of drug-likeness (QED) is 0.448. The van der Waals surface area contributed by atoms with Gasteiger partial charge in [-0.3, -0.25) is 18.9 Å². The van der Waals surface area contributed by atoms with Crippen molar-refractivity contribution in [2.45, 2.75) is 26.8 Å². The van der Waals surface area contributed by atoms with Gasteiger partial charge in [0.15, 0.2) is 0 Å². The molecule has 1 saturated heterocycles. The number of aryl methyl sites for hydroxylation is 1. The molecule has 1 aromatic carbocycles. The van der Waals surface area contributed by atoms with Gasteiger partial charge in [0.25, 0.3) is 11.5 Å². The van der Waals surface area contributed by atoms with Crippen molar-refractivity contribution in [3.05, 3.63) is 80.6 Å². The van der Waals surface area contributed by atoms with Gasteiger partial charge in [0, 0.05) is 12.7 Å². The largest absolute Gasteiger partial charge is 0.369 e. The molecule has 2 aromatic heterocycles. The third-order valence-corrected chi connectivity index (χ3v) is 6.26. The fraction of sp³-hybridized carbons (Fsp3) is 0.217. The number of aromatic nitrogens is 2. The molecule has 0 bridgehead atoms. The first-order valence-electron chi connectivity index (χ1n) is 10.0. The highest BCUT2D eigenvalue weighted by molar-refractivity contribution is 8.26. The number of pyridine rings is 1. The lowest BCUT2D eigenvalue weighted by Crippen LogP contribution is -2.27. The SMILES string of the molecule is CCCNc1nc2ccc(C)cn2c(=O)c1C=C1SC(=S)N(Cc2ccccc2)C1=O. The molecular formula is C23H22N4O2S2. The highest BCUT2D eigenvalue weighted by Gasteiger charge is 2.32. The molecule has 6 nitrogen and oxygen atoms in total. The Morgan fingerprint density at radius 1 is 1.16 bits per heavy atom. The standard InChI is InChI=1S/C23H22N4O2S2/c1-3-11-24-20-17(21(28)26-13-15(2)9-10-19(26)25-20)12-18-22(29)27(23(30)31-18)14-16-7-5-4-6-8-16/h4-10,12-13,24H,3,11,14H2,1-2H3. The third kappa shape index (κ3) is 4.40. The van der Waals surface area contributed by atoms with Gasteiger partial charge in [0.05, 0.1) is 17.0 Å². The molecule has 0 atom stereocenters. The number of anilines is 1. The molecule has 31 heavy (non-hydrogen) atoms. The molecule has 3 aromatic rings. The number of fused-ring (bicyclic) bond motifs is 1. The lowest BCUT2D eigenvalue weighted by molar-refractivity contribution is -0.122. The van der Waals surface area contributed by atoms with Gasteiger partial charge < -0.3 is 5.32 Å². The summed E-state index contributed by atoms with van der Waals surface area (Å²) in [6.45, 7) is 5.03. The first-order chi connectivity index (χ1) is 15.0.